The fraction of sp³-hybridized carbons (Fsp3) is 0.276. The van der Waals surface area contributed by atoms with E-state index in [-0.39, 0.29) is 23.3 Å². The molecule has 38 heavy (non-hydrogen) atoms. The zero-order valence-corrected chi connectivity index (χ0v) is 20.7. The summed E-state index contributed by atoms with van der Waals surface area (Å²) < 4.78 is 27.0. The van der Waals surface area contributed by atoms with Crippen molar-refractivity contribution in [2.45, 2.75) is 43.4 Å². The topological polar surface area (TPSA) is 108 Å². The number of amides is 3. The molecule has 1 aliphatic heterocycles. The Kier molecular flexibility index (Phi) is 8.48. The Morgan fingerprint density at radius 3 is 2.11 bits per heavy atom. The van der Waals surface area contributed by atoms with Crippen LogP contribution in [0.15, 0.2) is 78.9 Å². The number of rotatable bonds is 7. The van der Waals surface area contributed by atoms with Crippen molar-refractivity contribution in [3.63, 3.8) is 0 Å². The molecule has 0 unspecified atom stereocenters. The quantitative estimate of drug-likeness (QED) is 0.383. The summed E-state index contributed by atoms with van der Waals surface area (Å²) in [5, 5.41) is 18.3. The van der Waals surface area contributed by atoms with E-state index >= 15 is 0 Å². The van der Waals surface area contributed by atoms with E-state index in [2.05, 4.69) is 16.0 Å². The molecule has 1 fully saturated rings. The van der Waals surface area contributed by atoms with Crippen LogP contribution >= 0.6 is 0 Å². The number of aliphatic hydroxyl groups excluding tert-OH is 1. The second-order valence-corrected chi connectivity index (χ2v) is 9.43. The number of carbonyl (C=O) groups excluding carboxylic acids is 3. The SMILES string of the molecule is C[C@H](NC(=O)[C@H](O)c1cc(F)cc(F)c1)C(=O)N[C@@H]1C(=O)NC[C@H](c2ccccc2)C[C@H]1c1ccccc1. The lowest BCUT2D eigenvalue weighted by Crippen LogP contribution is -2.54. The molecule has 1 aliphatic rings. The van der Waals surface area contributed by atoms with E-state index in [0.717, 1.165) is 23.3 Å². The zero-order valence-electron chi connectivity index (χ0n) is 20.7. The maximum Gasteiger partial charge on any atom is 0.254 e. The van der Waals surface area contributed by atoms with E-state index in [0.29, 0.717) is 19.0 Å². The highest BCUT2D eigenvalue weighted by Gasteiger charge is 2.37. The Bertz CT molecular complexity index is 1270. The molecule has 0 aliphatic carbocycles. The molecule has 4 rings (SSSR count). The summed E-state index contributed by atoms with van der Waals surface area (Å²) in [6, 6.07) is 19.5. The lowest BCUT2D eigenvalue weighted by molar-refractivity contribution is -0.135. The molecule has 7 nitrogen and oxygen atoms in total. The van der Waals surface area contributed by atoms with Gasteiger partial charge in [-0.15, -0.1) is 0 Å². The predicted octanol–water partition coefficient (Wildman–Crippen LogP) is 3.08. The smallest absolute Gasteiger partial charge is 0.254 e. The molecular weight excluding hydrogens is 492 g/mol. The highest BCUT2D eigenvalue weighted by atomic mass is 19.1. The Hall–Kier alpha value is -4.11. The second-order valence-electron chi connectivity index (χ2n) is 9.43. The number of hydrogen-bond acceptors (Lipinski definition) is 4. The molecular formula is C29H29F2N3O4. The van der Waals surface area contributed by atoms with Crippen molar-refractivity contribution in [2.24, 2.45) is 0 Å². The van der Waals surface area contributed by atoms with Gasteiger partial charge >= 0.3 is 0 Å². The molecule has 0 bridgehead atoms. The first-order valence-corrected chi connectivity index (χ1v) is 12.4. The first kappa shape index (κ1) is 26.9. The van der Waals surface area contributed by atoms with Crippen molar-refractivity contribution in [3.05, 3.63) is 107 Å². The van der Waals surface area contributed by atoms with Crippen molar-refractivity contribution in [1.29, 1.82) is 0 Å². The van der Waals surface area contributed by atoms with Crippen molar-refractivity contribution in [3.8, 4) is 0 Å². The molecule has 0 radical (unpaired) electrons. The van der Waals surface area contributed by atoms with Gasteiger partial charge < -0.3 is 21.1 Å². The minimum Gasteiger partial charge on any atom is -0.378 e. The van der Waals surface area contributed by atoms with Crippen LogP contribution in [0.3, 0.4) is 0 Å². The molecule has 3 aromatic carbocycles. The van der Waals surface area contributed by atoms with E-state index in [1.54, 1.807) is 0 Å². The van der Waals surface area contributed by atoms with Crippen LogP contribution in [0.2, 0.25) is 0 Å². The van der Waals surface area contributed by atoms with Gasteiger partial charge in [0.05, 0.1) is 0 Å². The van der Waals surface area contributed by atoms with E-state index in [4.69, 9.17) is 0 Å². The molecule has 0 aromatic heterocycles. The summed E-state index contributed by atoms with van der Waals surface area (Å²) in [5.41, 5.74) is 1.67. The van der Waals surface area contributed by atoms with E-state index in [1.165, 1.54) is 6.92 Å². The van der Waals surface area contributed by atoms with Gasteiger partial charge in [-0.05, 0) is 42.2 Å². The minimum absolute atomic E-state index is 0.0196. The first-order valence-electron chi connectivity index (χ1n) is 12.4. The number of benzene rings is 3. The van der Waals surface area contributed by atoms with Crippen LogP contribution in [-0.2, 0) is 14.4 Å². The van der Waals surface area contributed by atoms with Gasteiger partial charge in [0, 0.05) is 24.4 Å². The highest BCUT2D eigenvalue weighted by molar-refractivity contribution is 5.93. The summed E-state index contributed by atoms with van der Waals surface area (Å²) >= 11 is 0. The number of halogens is 2. The average Bonchev–Trinajstić information content (AvgIpc) is 3.07. The first-order chi connectivity index (χ1) is 18.2. The monoisotopic (exact) mass is 521 g/mol. The number of aliphatic hydroxyl groups is 1. The maximum absolute atomic E-state index is 13.5. The molecule has 3 amide bonds. The zero-order chi connectivity index (χ0) is 27.2. The van der Waals surface area contributed by atoms with Crippen molar-refractivity contribution in [1.82, 2.24) is 16.0 Å². The Labute approximate surface area is 219 Å². The third-order valence-electron chi connectivity index (χ3n) is 6.74. The normalized spacial score (nSPS) is 20.9. The number of carbonyl (C=O) groups is 3. The minimum atomic E-state index is -1.89. The predicted molar refractivity (Wildman–Crippen MR) is 137 cm³/mol. The van der Waals surface area contributed by atoms with E-state index in [9.17, 15) is 28.3 Å². The Morgan fingerprint density at radius 1 is 0.921 bits per heavy atom. The van der Waals surface area contributed by atoms with Crippen molar-refractivity contribution >= 4 is 17.7 Å². The molecule has 1 saturated heterocycles. The van der Waals surface area contributed by atoms with Crippen LogP contribution in [0.1, 0.15) is 48.0 Å². The summed E-state index contributed by atoms with van der Waals surface area (Å²) in [6.07, 6.45) is -1.30. The average molecular weight is 522 g/mol. The fourth-order valence-electron chi connectivity index (χ4n) is 4.74. The molecule has 0 saturated carbocycles. The molecule has 3 aromatic rings. The van der Waals surface area contributed by atoms with Crippen LogP contribution in [0, 0.1) is 11.6 Å². The van der Waals surface area contributed by atoms with Crippen LogP contribution in [-0.4, -0.2) is 41.5 Å². The molecule has 5 atom stereocenters. The number of hydrogen-bond donors (Lipinski definition) is 4. The van der Waals surface area contributed by atoms with Gasteiger partial charge in [0.1, 0.15) is 23.7 Å². The van der Waals surface area contributed by atoms with Gasteiger partial charge in [0.15, 0.2) is 6.10 Å². The third kappa shape index (κ3) is 6.41. The molecule has 198 valence electrons. The summed E-state index contributed by atoms with van der Waals surface area (Å²) in [4.78, 5) is 38.8. The Balaban J connectivity index is 1.50. The van der Waals surface area contributed by atoms with Gasteiger partial charge in [-0.1, -0.05) is 60.7 Å². The van der Waals surface area contributed by atoms with E-state index < -0.39 is 41.6 Å². The van der Waals surface area contributed by atoms with Crippen LogP contribution < -0.4 is 16.0 Å². The lowest BCUT2D eigenvalue weighted by atomic mass is 9.82. The molecule has 4 N–H and O–H groups in total. The van der Waals surface area contributed by atoms with Crippen LogP contribution in [0.4, 0.5) is 8.78 Å². The highest BCUT2D eigenvalue weighted by Crippen LogP contribution is 2.34. The summed E-state index contributed by atoms with van der Waals surface area (Å²) in [7, 11) is 0. The molecule has 9 heteroatoms. The summed E-state index contributed by atoms with van der Waals surface area (Å²) in [5.74, 6) is -4.22. The van der Waals surface area contributed by atoms with Crippen LogP contribution in [0.5, 0.6) is 0 Å². The van der Waals surface area contributed by atoms with Gasteiger partial charge in [0.2, 0.25) is 11.8 Å². The van der Waals surface area contributed by atoms with Crippen molar-refractivity contribution < 1.29 is 28.3 Å². The van der Waals surface area contributed by atoms with Crippen LogP contribution in [0.25, 0.3) is 0 Å². The van der Waals surface area contributed by atoms with Gasteiger partial charge in [0.25, 0.3) is 5.91 Å². The maximum atomic E-state index is 13.5. The fourth-order valence-corrected chi connectivity index (χ4v) is 4.74. The largest absolute Gasteiger partial charge is 0.378 e. The Morgan fingerprint density at radius 2 is 1.50 bits per heavy atom. The standard InChI is InChI=1S/C29H29F2N3O4/c1-17(33-29(38)26(35)20-12-22(30)15-23(31)13-20)27(36)34-25-24(19-10-6-3-7-11-19)14-21(16-32-28(25)37)18-8-4-2-5-9-18/h2-13,15,17,21,24-26,35H,14,16H2,1H3,(H,32,37)(H,33,38)(H,34,36)/t17-,21+,24-,25-,26+/m0/s1. The second kappa shape index (κ2) is 12.0. The lowest BCUT2D eigenvalue weighted by Gasteiger charge is -2.28. The summed E-state index contributed by atoms with van der Waals surface area (Å²) in [6.45, 7) is 1.80. The van der Waals surface area contributed by atoms with E-state index in [1.807, 2.05) is 60.7 Å². The van der Waals surface area contributed by atoms with Gasteiger partial charge in [-0.25, -0.2) is 8.78 Å². The molecule has 0 spiro atoms. The van der Waals surface area contributed by atoms with Gasteiger partial charge in [-0.2, -0.15) is 0 Å². The van der Waals surface area contributed by atoms with Crippen molar-refractivity contribution in [2.75, 3.05) is 6.54 Å². The third-order valence-corrected chi connectivity index (χ3v) is 6.74. The number of nitrogens with one attached hydrogen (secondary N) is 3. The molecule has 1 heterocycles. The van der Waals surface area contributed by atoms with Gasteiger partial charge in [-0.3, -0.25) is 14.4 Å².